The summed E-state index contributed by atoms with van der Waals surface area (Å²) >= 11 is 0. The topological polar surface area (TPSA) is 35.5 Å². The van der Waals surface area contributed by atoms with Crippen LogP contribution in [-0.2, 0) is 13.0 Å². The van der Waals surface area contributed by atoms with Crippen LogP contribution < -0.4 is 10.2 Å². The number of hydrogen-bond donors (Lipinski definition) is 2. The lowest BCUT2D eigenvalue weighted by molar-refractivity contribution is 0.123. The van der Waals surface area contributed by atoms with Gasteiger partial charge in [-0.2, -0.15) is 0 Å². The van der Waals surface area contributed by atoms with Gasteiger partial charge in [-0.3, -0.25) is 0 Å². The quantitative estimate of drug-likeness (QED) is 0.834. The van der Waals surface area contributed by atoms with Gasteiger partial charge in [0, 0.05) is 32.4 Å². The van der Waals surface area contributed by atoms with Crippen LogP contribution >= 0.6 is 0 Å². The molecule has 0 amide bonds. The Bertz CT molecular complexity index is 403. The molecule has 0 aromatic heterocycles. The highest BCUT2D eigenvalue weighted by Gasteiger charge is 2.15. The highest BCUT2D eigenvalue weighted by Crippen LogP contribution is 2.27. The fraction of sp³-hybridized carbons (Fsp3) is 0.600. The van der Waals surface area contributed by atoms with E-state index in [1.165, 1.54) is 16.8 Å². The molecule has 1 aromatic rings. The van der Waals surface area contributed by atoms with Gasteiger partial charge in [-0.1, -0.05) is 26.0 Å². The minimum Gasteiger partial charge on any atom is -0.392 e. The molecule has 0 bridgehead atoms. The molecule has 0 spiro atoms. The molecule has 1 aromatic carbocycles. The van der Waals surface area contributed by atoms with Crippen molar-refractivity contribution in [3.63, 3.8) is 0 Å². The van der Waals surface area contributed by atoms with Gasteiger partial charge in [0.1, 0.15) is 0 Å². The van der Waals surface area contributed by atoms with Crippen LogP contribution in [0.1, 0.15) is 25.0 Å². The molecule has 0 saturated heterocycles. The maximum absolute atomic E-state index is 9.72. The molecule has 18 heavy (non-hydrogen) atoms. The number of aliphatic hydroxyl groups is 1. The second-order valence-corrected chi connectivity index (χ2v) is 5.58. The molecule has 1 heterocycles. The van der Waals surface area contributed by atoms with Crippen LogP contribution in [-0.4, -0.2) is 31.3 Å². The number of anilines is 1. The summed E-state index contributed by atoms with van der Waals surface area (Å²) in [5.41, 5.74) is 4.11. The van der Waals surface area contributed by atoms with Gasteiger partial charge in [0.2, 0.25) is 0 Å². The Balaban J connectivity index is 1.88. The number of hydrogen-bond acceptors (Lipinski definition) is 3. The summed E-state index contributed by atoms with van der Waals surface area (Å²) in [4.78, 5) is 2.30. The Hall–Kier alpha value is -1.06. The highest BCUT2D eigenvalue weighted by atomic mass is 16.3. The predicted molar refractivity (Wildman–Crippen MR) is 76.0 cm³/mol. The van der Waals surface area contributed by atoms with Crippen LogP contribution in [0.15, 0.2) is 18.2 Å². The first-order chi connectivity index (χ1) is 8.58. The molecule has 0 radical (unpaired) electrons. The van der Waals surface area contributed by atoms with Gasteiger partial charge >= 0.3 is 0 Å². The van der Waals surface area contributed by atoms with Gasteiger partial charge in [-0.25, -0.2) is 0 Å². The van der Waals surface area contributed by atoms with Crippen molar-refractivity contribution < 1.29 is 5.11 Å². The molecule has 0 aliphatic carbocycles. The monoisotopic (exact) mass is 248 g/mol. The summed E-state index contributed by atoms with van der Waals surface area (Å²) in [5.74, 6) is 0.311. The van der Waals surface area contributed by atoms with E-state index in [2.05, 4.69) is 35.5 Å². The standard InChI is InChI=1S/C15H24N2O/c1-11(2)15(18)10-16-9-12-4-5-14-13(8-12)6-7-17(14)3/h4-5,8,11,15-16,18H,6-7,9-10H2,1-3H3. The molecule has 3 nitrogen and oxygen atoms in total. The van der Waals surface area contributed by atoms with Crippen LogP contribution in [0, 0.1) is 5.92 Å². The maximum Gasteiger partial charge on any atom is 0.0687 e. The normalized spacial score (nSPS) is 16.2. The van der Waals surface area contributed by atoms with E-state index in [1.54, 1.807) is 0 Å². The first kappa shape index (κ1) is 13.4. The Morgan fingerprint density at radius 2 is 2.17 bits per heavy atom. The fourth-order valence-corrected chi connectivity index (χ4v) is 2.33. The van der Waals surface area contributed by atoms with Crippen molar-refractivity contribution in [2.24, 2.45) is 5.92 Å². The van der Waals surface area contributed by atoms with E-state index in [9.17, 15) is 5.11 Å². The van der Waals surface area contributed by atoms with Crippen LogP contribution in [0.4, 0.5) is 5.69 Å². The molecule has 0 saturated carbocycles. The van der Waals surface area contributed by atoms with Gasteiger partial charge in [-0.15, -0.1) is 0 Å². The third kappa shape index (κ3) is 3.03. The Kier molecular flexibility index (Phi) is 4.25. The number of benzene rings is 1. The van der Waals surface area contributed by atoms with Crippen molar-refractivity contribution in [1.82, 2.24) is 5.32 Å². The van der Waals surface area contributed by atoms with Crippen molar-refractivity contribution in [3.05, 3.63) is 29.3 Å². The van der Waals surface area contributed by atoms with Gasteiger partial charge in [0.25, 0.3) is 0 Å². The molecule has 1 aliphatic rings. The first-order valence-corrected chi connectivity index (χ1v) is 6.79. The van der Waals surface area contributed by atoms with Gasteiger partial charge in [0.15, 0.2) is 0 Å². The Morgan fingerprint density at radius 1 is 1.39 bits per heavy atom. The van der Waals surface area contributed by atoms with Crippen molar-refractivity contribution in [2.75, 3.05) is 25.0 Å². The summed E-state index contributed by atoms with van der Waals surface area (Å²) in [7, 11) is 2.14. The van der Waals surface area contributed by atoms with Crippen LogP contribution in [0.5, 0.6) is 0 Å². The SMILES string of the molecule is CC(C)C(O)CNCc1ccc2c(c1)CCN2C. The van der Waals surface area contributed by atoms with Crippen LogP contribution in [0.25, 0.3) is 0 Å². The van der Waals surface area contributed by atoms with Crippen molar-refractivity contribution >= 4 is 5.69 Å². The summed E-state index contributed by atoms with van der Waals surface area (Å²) in [6.07, 6.45) is 0.888. The third-order valence-electron chi connectivity index (χ3n) is 3.72. The van der Waals surface area contributed by atoms with Gasteiger partial charge < -0.3 is 15.3 Å². The van der Waals surface area contributed by atoms with Crippen LogP contribution in [0.2, 0.25) is 0 Å². The van der Waals surface area contributed by atoms with Gasteiger partial charge in [0.05, 0.1) is 6.10 Å². The van der Waals surface area contributed by atoms with Crippen molar-refractivity contribution in [3.8, 4) is 0 Å². The smallest absolute Gasteiger partial charge is 0.0687 e. The minimum atomic E-state index is -0.259. The molecule has 1 aliphatic heterocycles. The number of nitrogens with zero attached hydrogens (tertiary/aromatic N) is 1. The van der Waals surface area contributed by atoms with E-state index < -0.39 is 0 Å². The molecule has 0 fully saturated rings. The Labute approximate surface area is 110 Å². The zero-order valence-electron chi connectivity index (χ0n) is 11.6. The Morgan fingerprint density at radius 3 is 2.89 bits per heavy atom. The fourth-order valence-electron chi connectivity index (χ4n) is 2.33. The largest absolute Gasteiger partial charge is 0.392 e. The molecule has 1 atom stereocenters. The molecule has 3 heteroatoms. The first-order valence-electron chi connectivity index (χ1n) is 6.79. The molecule has 2 N–H and O–H groups in total. The van der Waals surface area contributed by atoms with Crippen molar-refractivity contribution in [1.29, 1.82) is 0 Å². The number of fused-ring (bicyclic) bond motifs is 1. The summed E-state index contributed by atoms with van der Waals surface area (Å²) in [5, 5.41) is 13.0. The number of aliphatic hydroxyl groups excluding tert-OH is 1. The minimum absolute atomic E-state index is 0.259. The summed E-state index contributed by atoms with van der Waals surface area (Å²) < 4.78 is 0. The molecule has 100 valence electrons. The van der Waals surface area contributed by atoms with E-state index in [0.717, 1.165) is 19.5 Å². The average Bonchev–Trinajstić information content (AvgIpc) is 2.70. The number of rotatable bonds is 5. The average molecular weight is 248 g/mol. The van der Waals surface area contributed by atoms with E-state index >= 15 is 0 Å². The highest BCUT2D eigenvalue weighted by molar-refractivity contribution is 5.58. The van der Waals surface area contributed by atoms with Crippen molar-refractivity contribution in [2.45, 2.75) is 32.9 Å². The second kappa shape index (κ2) is 5.72. The molecular formula is C15H24N2O. The van der Waals surface area contributed by atoms with E-state index in [-0.39, 0.29) is 6.10 Å². The zero-order valence-corrected chi connectivity index (χ0v) is 11.6. The summed E-state index contributed by atoms with van der Waals surface area (Å²) in [6.45, 7) is 6.70. The number of nitrogens with one attached hydrogen (secondary N) is 1. The van der Waals surface area contributed by atoms with Gasteiger partial charge in [-0.05, 0) is 29.5 Å². The van der Waals surface area contributed by atoms with Crippen LogP contribution in [0.3, 0.4) is 0 Å². The lowest BCUT2D eigenvalue weighted by Crippen LogP contribution is -2.30. The van der Waals surface area contributed by atoms with E-state index in [4.69, 9.17) is 0 Å². The van der Waals surface area contributed by atoms with E-state index in [1.807, 2.05) is 13.8 Å². The lowest BCUT2D eigenvalue weighted by Gasteiger charge is -2.16. The number of likely N-dealkylation sites (N-methyl/N-ethyl adjacent to an activating group) is 1. The maximum atomic E-state index is 9.72. The predicted octanol–water partition coefficient (Wildman–Crippen LogP) is 1.79. The second-order valence-electron chi connectivity index (χ2n) is 5.58. The zero-order chi connectivity index (χ0) is 13.1. The molecule has 1 unspecified atom stereocenters. The molecular weight excluding hydrogens is 224 g/mol. The van der Waals surface area contributed by atoms with E-state index in [0.29, 0.717) is 12.5 Å². The third-order valence-corrected chi connectivity index (χ3v) is 3.72. The lowest BCUT2D eigenvalue weighted by atomic mass is 10.1. The summed E-state index contributed by atoms with van der Waals surface area (Å²) in [6, 6.07) is 6.67. The molecule has 2 rings (SSSR count).